The second kappa shape index (κ2) is 9.77. The molecule has 0 unspecified atom stereocenters. The summed E-state index contributed by atoms with van der Waals surface area (Å²) < 4.78 is 3.66. The molecule has 5 heterocycles. The van der Waals surface area contributed by atoms with Gasteiger partial charge in [0.25, 0.3) is 5.91 Å². The van der Waals surface area contributed by atoms with Gasteiger partial charge in [0.2, 0.25) is 0 Å². The molecular formula is C28H27N7O2. The van der Waals surface area contributed by atoms with Crippen LogP contribution in [-0.4, -0.2) is 48.9 Å². The van der Waals surface area contributed by atoms with E-state index in [0.717, 1.165) is 35.3 Å². The number of anilines is 1. The minimum Gasteiger partial charge on any atom is -0.337 e. The molecule has 1 fully saturated rings. The number of hydrogen-bond donors (Lipinski definition) is 2. The Morgan fingerprint density at radius 1 is 0.946 bits per heavy atom. The number of pyridine rings is 2. The molecule has 0 bridgehead atoms. The third-order valence-corrected chi connectivity index (χ3v) is 6.93. The highest BCUT2D eigenvalue weighted by Gasteiger charge is 2.26. The van der Waals surface area contributed by atoms with Crippen molar-refractivity contribution in [3.05, 3.63) is 102 Å². The Bertz CT molecular complexity index is 1530. The van der Waals surface area contributed by atoms with Crippen molar-refractivity contribution in [2.24, 2.45) is 0 Å². The van der Waals surface area contributed by atoms with Crippen molar-refractivity contribution in [3.8, 4) is 0 Å². The molecule has 1 aliphatic rings. The molecule has 0 radical (unpaired) electrons. The van der Waals surface area contributed by atoms with Gasteiger partial charge in [-0.25, -0.2) is 14.3 Å². The first kappa shape index (κ1) is 22.8. The minimum atomic E-state index is -0.255. The van der Waals surface area contributed by atoms with Crippen LogP contribution in [0.1, 0.15) is 40.4 Å². The van der Waals surface area contributed by atoms with Crippen LogP contribution in [-0.2, 0) is 6.54 Å². The number of carbonyl (C=O) groups is 2. The van der Waals surface area contributed by atoms with Gasteiger partial charge in [-0.05, 0) is 72.4 Å². The van der Waals surface area contributed by atoms with E-state index in [9.17, 15) is 9.59 Å². The van der Waals surface area contributed by atoms with Crippen LogP contribution in [0.3, 0.4) is 0 Å². The van der Waals surface area contributed by atoms with E-state index in [1.54, 1.807) is 10.7 Å². The summed E-state index contributed by atoms with van der Waals surface area (Å²) in [6.45, 7) is 1.81. The van der Waals surface area contributed by atoms with Crippen LogP contribution in [0.4, 0.5) is 10.5 Å². The minimum absolute atomic E-state index is 0.0163. The van der Waals surface area contributed by atoms with E-state index in [0.29, 0.717) is 31.2 Å². The summed E-state index contributed by atoms with van der Waals surface area (Å²) in [6, 6.07) is 19.3. The average molecular weight is 494 g/mol. The number of hydrogen-bond acceptors (Lipinski definition) is 4. The van der Waals surface area contributed by atoms with E-state index < -0.39 is 0 Å². The predicted molar refractivity (Wildman–Crippen MR) is 141 cm³/mol. The van der Waals surface area contributed by atoms with Crippen LogP contribution in [0.5, 0.6) is 0 Å². The van der Waals surface area contributed by atoms with Gasteiger partial charge in [0.1, 0.15) is 5.65 Å². The molecule has 4 aromatic heterocycles. The maximum atomic E-state index is 12.9. The Kier molecular flexibility index (Phi) is 6.02. The van der Waals surface area contributed by atoms with Gasteiger partial charge in [0.15, 0.2) is 5.69 Å². The first-order chi connectivity index (χ1) is 18.1. The van der Waals surface area contributed by atoms with E-state index in [4.69, 9.17) is 0 Å². The van der Waals surface area contributed by atoms with Crippen LogP contribution in [0.25, 0.3) is 11.2 Å². The number of carbonyl (C=O) groups excluding carboxylic acids is 2. The maximum absolute atomic E-state index is 12.9. The van der Waals surface area contributed by atoms with Gasteiger partial charge in [-0.3, -0.25) is 4.79 Å². The molecule has 5 aromatic rings. The van der Waals surface area contributed by atoms with Gasteiger partial charge in [-0.15, -0.1) is 0 Å². The van der Waals surface area contributed by atoms with Crippen molar-refractivity contribution >= 4 is 28.8 Å². The van der Waals surface area contributed by atoms with Crippen molar-refractivity contribution in [1.82, 2.24) is 29.2 Å². The second-order valence-corrected chi connectivity index (χ2v) is 9.32. The normalized spacial score (nSPS) is 14.2. The van der Waals surface area contributed by atoms with E-state index in [1.165, 1.54) is 5.56 Å². The SMILES string of the molecule is O=C(NCc1ccn2ccnc2c1)Nc1ccc(C2CCN(C(=O)c3cc4ccccn4n3)CC2)cc1. The Labute approximate surface area is 213 Å². The highest BCUT2D eigenvalue weighted by atomic mass is 16.2. The standard InChI is InChI=1S/C28H27N7O2/c36-27(25-18-24-3-1-2-12-35(24)32-25)34-14-9-22(10-15-34)21-4-6-23(7-5-21)31-28(37)30-19-20-8-13-33-16-11-29-26(33)17-20/h1-8,11-13,16-18,22H,9-10,14-15,19H2,(H2,30,31,37). The predicted octanol–water partition coefficient (Wildman–Crippen LogP) is 4.32. The molecule has 0 saturated carbocycles. The molecule has 1 saturated heterocycles. The van der Waals surface area contributed by atoms with Crippen LogP contribution in [0, 0.1) is 0 Å². The number of piperidine rings is 1. The number of likely N-dealkylation sites (tertiary alicyclic amines) is 1. The molecular weight excluding hydrogens is 466 g/mol. The fraction of sp³-hybridized carbons (Fsp3) is 0.214. The highest BCUT2D eigenvalue weighted by Crippen LogP contribution is 2.29. The zero-order chi connectivity index (χ0) is 25.2. The lowest BCUT2D eigenvalue weighted by Crippen LogP contribution is -2.38. The topological polar surface area (TPSA) is 96.0 Å². The first-order valence-electron chi connectivity index (χ1n) is 12.4. The van der Waals surface area contributed by atoms with E-state index in [2.05, 4.69) is 32.8 Å². The van der Waals surface area contributed by atoms with Crippen LogP contribution < -0.4 is 10.6 Å². The number of nitrogens with one attached hydrogen (secondary N) is 2. The van der Waals surface area contributed by atoms with Crippen molar-refractivity contribution < 1.29 is 9.59 Å². The molecule has 2 N–H and O–H groups in total. The summed E-state index contributed by atoms with van der Waals surface area (Å²) in [5, 5.41) is 10.2. The maximum Gasteiger partial charge on any atom is 0.319 e. The fourth-order valence-corrected chi connectivity index (χ4v) is 4.88. The molecule has 0 spiro atoms. The molecule has 0 aliphatic carbocycles. The quantitative estimate of drug-likeness (QED) is 0.381. The molecule has 1 aliphatic heterocycles. The molecule has 3 amide bonds. The Balaban J connectivity index is 0.998. The number of aromatic nitrogens is 4. The Hall–Kier alpha value is -4.66. The molecule has 0 atom stereocenters. The van der Waals surface area contributed by atoms with E-state index >= 15 is 0 Å². The number of urea groups is 1. The van der Waals surface area contributed by atoms with Crippen LogP contribution in [0.15, 0.2) is 85.5 Å². The van der Waals surface area contributed by atoms with Crippen molar-refractivity contribution in [2.45, 2.75) is 25.3 Å². The number of rotatable bonds is 5. The zero-order valence-electron chi connectivity index (χ0n) is 20.2. The lowest BCUT2D eigenvalue weighted by Gasteiger charge is -2.31. The number of benzene rings is 1. The summed E-state index contributed by atoms with van der Waals surface area (Å²) in [5.41, 5.74) is 5.19. The molecule has 186 valence electrons. The summed E-state index contributed by atoms with van der Waals surface area (Å²) in [5.74, 6) is 0.364. The largest absolute Gasteiger partial charge is 0.337 e. The third kappa shape index (κ3) is 4.88. The Morgan fingerprint density at radius 3 is 2.59 bits per heavy atom. The van der Waals surface area contributed by atoms with Crippen molar-refractivity contribution in [3.63, 3.8) is 0 Å². The summed E-state index contributed by atoms with van der Waals surface area (Å²) in [6.07, 6.45) is 9.20. The zero-order valence-corrected chi connectivity index (χ0v) is 20.2. The number of nitrogens with zero attached hydrogens (tertiary/aromatic N) is 5. The van der Waals surface area contributed by atoms with E-state index in [-0.39, 0.29) is 11.9 Å². The molecule has 9 heteroatoms. The monoisotopic (exact) mass is 493 g/mol. The van der Waals surface area contributed by atoms with Gasteiger partial charge < -0.3 is 19.9 Å². The number of amides is 3. The van der Waals surface area contributed by atoms with Gasteiger partial charge in [0.05, 0.1) is 5.52 Å². The highest BCUT2D eigenvalue weighted by molar-refractivity contribution is 5.93. The van der Waals surface area contributed by atoms with Crippen LogP contribution in [0.2, 0.25) is 0 Å². The van der Waals surface area contributed by atoms with Gasteiger partial charge in [-0.1, -0.05) is 18.2 Å². The Morgan fingerprint density at radius 2 is 1.78 bits per heavy atom. The van der Waals surface area contributed by atoms with Gasteiger partial charge in [-0.2, -0.15) is 5.10 Å². The summed E-state index contributed by atoms with van der Waals surface area (Å²) in [4.78, 5) is 31.5. The molecule has 6 rings (SSSR count). The van der Waals surface area contributed by atoms with Crippen molar-refractivity contribution in [2.75, 3.05) is 18.4 Å². The smallest absolute Gasteiger partial charge is 0.319 e. The van der Waals surface area contributed by atoms with Crippen LogP contribution >= 0.6 is 0 Å². The van der Waals surface area contributed by atoms with E-state index in [1.807, 2.05) is 76.4 Å². The summed E-state index contributed by atoms with van der Waals surface area (Å²) >= 11 is 0. The summed E-state index contributed by atoms with van der Waals surface area (Å²) in [7, 11) is 0. The molecule has 37 heavy (non-hydrogen) atoms. The number of imidazole rings is 1. The van der Waals surface area contributed by atoms with Crippen molar-refractivity contribution in [1.29, 1.82) is 0 Å². The molecule has 9 nitrogen and oxygen atoms in total. The second-order valence-electron chi connectivity index (χ2n) is 9.32. The average Bonchev–Trinajstić information content (AvgIpc) is 3.59. The van der Waals surface area contributed by atoms with Gasteiger partial charge in [0, 0.05) is 50.1 Å². The lowest BCUT2D eigenvalue weighted by molar-refractivity contribution is 0.0706. The first-order valence-corrected chi connectivity index (χ1v) is 12.4. The fourth-order valence-electron chi connectivity index (χ4n) is 4.88. The molecule has 1 aromatic carbocycles. The number of fused-ring (bicyclic) bond motifs is 2. The lowest BCUT2D eigenvalue weighted by atomic mass is 9.89. The third-order valence-electron chi connectivity index (χ3n) is 6.93. The van der Waals surface area contributed by atoms with Gasteiger partial charge >= 0.3 is 6.03 Å².